The van der Waals surface area contributed by atoms with E-state index < -0.39 is 31.0 Å². The second kappa shape index (κ2) is 6.80. The van der Waals surface area contributed by atoms with E-state index in [2.05, 4.69) is 4.74 Å². The van der Waals surface area contributed by atoms with Crippen molar-refractivity contribution in [3.63, 3.8) is 0 Å². The van der Waals surface area contributed by atoms with E-state index in [1.807, 2.05) is 0 Å². The molecule has 0 radical (unpaired) electrons. The summed E-state index contributed by atoms with van der Waals surface area (Å²) < 4.78 is 45.4. The van der Waals surface area contributed by atoms with E-state index in [1.165, 1.54) is 21.1 Å². The van der Waals surface area contributed by atoms with Crippen LogP contribution in [0.15, 0.2) is 0 Å². The smallest absolute Gasteiger partial charge is 0.372 e. The van der Waals surface area contributed by atoms with Crippen LogP contribution in [0.5, 0.6) is 0 Å². The number of likely N-dealkylation sites (N-methyl/N-ethyl adjacent to an activating group) is 1. The summed E-state index contributed by atoms with van der Waals surface area (Å²) in [7, 11) is 2.75. The Hall–Kier alpha value is -0.820. The molecular formula is C10H18F3NO3. The Balaban J connectivity index is 4.40. The maximum atomic E-state index is 12.0. The van der Waals surface area contributed by atoms with Crippen molar-refractivity contribution in [2.75, 3.05) is 20.8 Å². The van der Waals surface area contributed by atoms with Crippen molar-refractivity contribution in [3.05, 3.63) is 0 Å². The molecule has 17 heavy (non-hydrogen) atoms. The molecule has 0 fully saturated rings. The molecule has 4 nitrogen and oxygen atoms in total. The Morgan fingerprint density at radius 2 is 1.94 bits per heavy atom. The topological polar surface area (TPSA) is 38.8 Å². The zero-order valence-electron chi connectivity index (χ0n) is 10.4. The van der Waals surface area contributed by atoms with Gasteiger partial charge in [-0.25, -0.2) is 0 Å². The third-order valence-electron chi connectivity index (χ3n) is 2.27. The SMILES string of the molecule is CCC(OCC(F)(F)F)N(C)C(=O)C(C)OC. The van der Waals surface area contributed by atoms with Crippen molar-refractivity contribution >= 4 is 5.91 Å². The van der Waals surface area contributed by atoms with Crippen molar-refractivity contribution < 1.29 is 27.4 Å². The zero-order chi connectivity index (χ0) is 13.6. The van der Waals surface area contributed by atoms with E-state index in [0.717, 1.165) is 4.90 Å². The van der Waals surface area contributed by atoms with Crippen LogP contribution in [-0.4, -0.2) is 50.1 Å². The first kappa shape index (κ1) is 16.2. The lowest BCUT2D eigenvalue weighted by molar-refractivity contribution is -0.204. The maximum Gasteiger partial charge on any atom is 0.411 e. The number of halogens is 3. The number of ether oxygens (including phenoxy) is 2. The van der Waals surface area contributed by atoms with Crippen molar-refractivity contribution in [3.8, 4) is 0 Å². The van der Waals surface area contributed by atoms with E-state index in [0.29, 0.717) is 0 Å². The van der Waals surface area contributed by atoms with Crippen LogP contribution >= 0.6 is 0 Å². The van der Waals surface area contributed by atoms with Crippen LogP contribution in [0.3, 0.4) is 0 Å². The van der Waals surface area contributed by atoms with Gasteiger partial charge < -0.3 is 14.4 Å². The van der Waals surface area contributed by atoms with Crippen molar-refractivity contribution in [1.29, 1.82) is 0 Å². The highest BCUT2D eigenvalue weighted by atomic mass is 19.4. The van der Waals surface area contributed by atoms with Gasteiger partial charge in [0.05, 0.1) is 0 Å². The molecule has 102 valence electrons. The van der Waals surface area contributed by atoms with Gasteiger partial charge in [0.25, 0.3) is 5.91 Å². The van der Waals surface area contributed by atoms with Crippen LogP contribution in [0.1, 0.15) is 20.3 Å². The van der Waals surface area contributed by atoms with Crippen LogP contribution in [0.4, 0.5) is 13.2 Å². The molecule has 1 amide bonds. The summed E-state index contributed by atoms with van der Waals surface area (Å²) in [6, 6.07) is 0. The molecule has 0 heterocycles. The fraction of sp³-hybridized carbons (Fsp3) is 0.900. The van der Waals surface area contributed by atoms with Crippen LogP contribution < -0.4 is 0 Å². The Labute approximate surface area is 98.7 Å². The third-order valence-corrected chi connectivity index (χ3v) is 2.27. The van der Waals surface area contributed by atoms with E-state index in [4.69, 9.17) is 4.74 Å². The first-order valence-corrected chi connectivity index (χ1v) is 5.20. The van der Waals surface area contributed by atoms with Gasteiger partial charge >= 0.3 is 6.18 Å². The lowest BCUT2D eigenvalue weighted by Gasteiger charge is -2.29. The molecule has 7 heteroatoms. The highest BCUT2D eigenvalue weighted by Gasteiger charge is 2.31. The summed E-state index contributed by atoms with van der Waals surface area (Å²) in [5.41, 5.74) is 0. The van der Waals surface area contributed by atoms with Gasteiger partial charge in [0.1, 0.15) is 18.9 Å². The molecule has 0 aliphatic rings. The first-order chi connectivity index (χ1) is 7.72. The predicted molar refractivity (Wildman–Crippen MR) is 55.3 cm³/mol. The molecule has 2 unspecified atom stereocenters. The largest absolute Gasteiger partial charge is 0.411 e. The van der Waals surface area contributed by atoms with Gasteiger partial charge in [-0.05, 0) is 13.3 Å². The Kier molecular flexibility index (Phi) is 6.48. The molecule has 0 spiro atoms. The van der Waals surface area contributed by atoms with E-state index in [1.54, 1.807) is 6.92 Å². The van der Waals surface area contributed by atoms with Crippen molar-refractivity contribution in [2.45, 2.75) is 38.8 Å². The van der Waals surface area contributed by atoms with E-state index in [9.17, 15) is 18.0 Å². The van der Waals surface area contributed by atoms with Gasteiger partial charge in [0.2, 0.25) is 0 Å². The standard InChI is InChI=1S/C10H18F3NO3/c1-5-8(17-6-10(11,12)13)14(3)9(15)7(2)16-4/h7-8H,5-6H2,1-4H3. The van der Waals surface area contributed by atoms with Gasteiger partial charge in [-0.2, -0.15) is 13.2 Å². The van der Waals surface area contributed by atoms with Gasteiger partial charge in [-0.15, -0.1) is 0 Å². The van der Waals surface area contributed by atoms with E-state index in [-0.39, 0.29) is 6.42 Å². The Morgan fingerprint density at radius 1 is 1.41 bits per heavy atom. The van der Waals surface area contributed by atoms with Crippen molar-refractivity contribution in [2.24, 2.45) is 0 Å². The molecular weight excluding hydrogens is 239 g/mol. The van der Waals surface area contributed by atoms with E-state index >= 15 is 0 Å². The minimum Gasteiger partial charge on any atom is -0.372 e. The normalized spacial score (nSPS) is 15.5. The third kappa shape index (κ3) is 5.88. The summed E-state index contributed by atoms with van der Waals surface area (Å²) in [6.07, 6.45) is -5.73. The molecule has 0 bridgehead atoms. The fourth-order valence-electron chi connectivity index (χ4n) is 1.22. The lowest BCUT2D eigenvalue weighted by atomic mass is 10.3. The molecule has 0 aromatic heterocycles. The number of alkyl halides is 3. The first-order valence-electron chi connectivity index (χ1n) is 5.20. The summed E-state index contributed by atoms with van der Waals surface area (Å²) in [6.45, 7) is 1.79. The second-order valence-electron chi connectivity index (χ2n) is 3.62. The quantitative estimate of drug-likeness (QED) is 0.681. The van der Waals surface area contributed by atoms with Crippen LogP contribution in [0.2, 0.25) is 0 Å². The lowest BCUT2D eigenvalue weighted by Crippen LogP contribution is -2.44. The number of amides is 1. The molecule has 0 saturated heterocycles. The number of hydrogen-bond donors (Lipinski definition) is 0. The zero-order valence-corrected chi connectivity index (χ0v) is 10.4. The number of nitrogens with zero attached hydrogens (tertiary/aromatic N) is 1. The molecule has 0 aromatic carbocycles. The minimum atomic E-state index is -4.40. The summed E-state index contributed by atoms with van der Waals surface area (Å²) in [5, 5.41) is 0. The van der Waals surface area contributed by atoms with Crippen LogP contribution in [0, 0.1) is 0 Å². The summed E-state index contributed by atoms with van der Waals surface area (Å²) in [5.74, 6) is -0.415. The molecule has 0 saturated carbocycles. The molecule has 0 aliphatic carbocycles. The number of carbonyl (C=O) groups is 1. The molecule has 0 aromatic rings. The number of carbonyl (C=O) groups excluding carboxylic acids is 1. The summed E-state index contributed by atoms with van der Waals surface area (Å²) >= 11 is 0. The van der Waals surface area contributed by atoms with Gasteiger partial charge in [-0.1, -0.05) is 6.92 Å². The summed E-state index contributed by atoms with van der Waals surface area (Å²) in [4.78, 5) is 12.8. The highest BCUT2D eigenvalue weighted by molar-refractivity contribution is 5.80. The molecule has 0 N–H and O–H groups in total. The number of rotatable bonds is 6. The average Bonchev–Trinajstić information content (AvgIpc) is 2.25. The Morgan fingerprint density at radius 3 is 2.29 bits per heavy atom. The number of hydrogen-bond acceptors (Lipinski definition) is 3. The second-order valence-corrected chi connectivity index (χ2v) is 3.62. The van der Waals surface area contributed by atoms with Crippen molar-refractivity contribution in [1.82, 2.24) is 4.90 Å². The number of methoxy groups -OCH3 is 1. The van der Waals surface area contributed by atoms with Gasteiger partial charge in [0, 0.05) is 14.2 Å². The maximum absolute atomic E-state index is 12.0. The predicted octanol–water partition coefficient (Wildman–Crippen LogP) is 1.79. The Bertz CT molecular complexity index is 245. The highest BCUT2D eigenvalue weighted by Crippen LogP contribution is 2.17. The van der Waals surface area contributed by atoms with Crippen LogP contribution in [0.25, 0.3) is 0 Å². The molecule has 0 aliphatic heterocycles. The van der Waals surface area contributed by atoms with Gasteiger partial charge in [-0.3, -0.25) is 4.79 Å². The average molecular weight is 257 g/mol. The van der Waals surface area contributed by atoms with Gasteiger partial charge in [0.15, 0.2) is 0 Å². The van der Waals surface area contributed by atoms with Crippen LogP contribution in [-0.2, 0) is 14.3 Å². The fourth-order valence-corrected chi connectivity index (χ4v) is 1.22. The molecule has 2 atom stereocenters. The monoisotopic (exact) mass is 257 g/mol. The molecule has 0 rings (SSSR count). The minimum absolute atomic E-state index is 0.273.